The lowest BCUT2D eigenvalue weighted by Crippen LogP contribution is -2.00. The van der Waals surface area contributed by atoms with E-state index in [2.05, 4.69) is 10.3 Å². The standard InChI is InChI=1S/C13H12N4O/c1-18-12-5-3-2-4-11(12)17-13-9(7-14)6-10(15)8-16-13/h2-6,8H,15H2,1H3,(H,16,17). The van der Waals surface area contributed by atoms with Gasteiger partial charge in [0.25, 0.3) is 0 Å². The third-order valence-corrected chi connectivity index (χ3v) is 2.39. The number of aromatic nitrogens is 1. The third-order valence-electron chi connectivity index (χ3n) is 2.39. The molecule has 0 saturated heterocycles. The van der Waals surface area contributed by atoms with Crippen LogP contribution in [0.3, 0.4) is 0 Å². The van der Waals surface area contributed by atoms with Crippen LogP contribution in [-0.2, 0) is 0 Å². The normalized spacial score (nSPS) is 9.56. The van der Waals surface area contributed by atoms with E-state index in [1.807, 2.05) is 30.3 Å². The molecule has 0 bridgehead atoms. The lowest BCUT2D eigenvalue weighted by atomic mass is 10.2. The molecule has 2 rings (SSSR count). The number of nitriles is 1. The van der Waals surface area contributed by atoms with Gasteiger partial charge in [-0.1, -0.05) is 12.1 Å². The minimum atomic E-state index is 0.390. The van der Waals surface area contributed by atoms with Crippen molar-refractivity contribution in [2.45, 2.75) is 0 Å². The number of methoxy groups -OCH3 is 1. The fraction of sp³-hybridized carbons (Fsp3) is 0.0769. The Bertz CT molecular complexity index is 604. The van der Waals surface area contributed by atoms with Crippen molar-refractivity contribution in [1.29, 1.82) is 5.26 Å². The van der Waals surface area contributed by atoms with Crippen molar-refractivity contribution < 1.29 is 4.74 Å². The van der Waals surface area contributed by atoms with Crippen molar-refractivity contribution in [1.82, 2.24) is 4.98 Å². The molecule has 2 aromatic rings. The van der Waals surface area contributed by atoms with E-state index in [0.717, 1.165) is 5.69 Å². The van der Waals surface area contributed by atoms with Gasteiger partial charge in [0.1, 0.15) is 17.6 Å². The molecule has 0 fully saturated rings. The zero-order valence-corrected chi connectivity index (χ0v) is 9.84. The number of nitrogens with two attached hydrogens (primary N) is 1. The van der Waals surface area contributed by atoms with Crippen molar-refractivity contribution in [3.8, 4) is 11.8 Å². The highest BCUT2D eigenvalue weighted by Gasteiger charge is 2.07. The van der Waals surface area contributed by atoms with Crippen LogP contribution in [0.25, 0.3) is 0 Å². The molecule has 1 aromatic carbocycles. The number of rotatable bonds is 3. The number of pyridine rings is 1. The summed E-state index contributed by atoms with van der Waals surface area (Å²) < 4.78 is 5.22. The highest BCUT2D eigenvalue weighted by Crippen LogP contribution is 2.27. The Morgan fingerprint density at radius 2 is 2.17 bits per heavy atom. The van der Waals surface area contributed by atoms with Gasteiger partial charge in [-0.3, -0.25) is 0 Å². The van der Waals surface area contributed by atoms with E-state index in [-0.39, 0.29) is 0 Å². The predicted molar refractivity (Wildman–Crippen MR) is 69.6 cm³/mol. The molecule has 3 N–H and O–H groups in total. The maximum Gasteiger partial charge on any atom is 0.148 e. The van der Waals surface area contributed by atoms with Crippen LogP contribution in [0.1, 0.15) is 5.56 Å². The molecule has 18 heavy (non-hydrogen) atoms. The van der Waals surface area contributed by atoms with Crippen LogP contribution >= 0.6 is 0 Å². The first kappa shape index (κ1) is 11.7. The molecule has 0 aliphatic heterocycles. The molecule has 0 unspecified atom stereocenters. The molecule has 0 amide bonds. The maximum atomic E-state index is 9.03. The number of para-hydroxylation sites is 2. The van der Waals surface area contributed by atoms with Gasteiger partial charge >= 0.3 is 0 Å². The minimum absolute atomic E-state index is 0.390. The molecule has 1 heterocycles. The summed E-state index contributed by atoms with van der Waals surface area (Å²) in [6.45, 7) is 0. The highest BCUT2D eigenvalue weighted by molar-refractivity contribution is 5.69. The predicted octanol–water partition coefficient (Wildman–Crippen LogP) is 2.29. The first-order chi connectivity index (χ1) is 8.74. The molecule has 0 aliphatic carbocycles. The molecule has 90 valence electrons. The molecule has 0 aliphatic rings. The van der Waals surface area contributed by atoms with Crippen LogP contribution in [0.4, 0.5) is 17.2 Å². The van der Waals surface area contributed by atoms with Crippen LogP contribution < -0.4 is 15.8 Å². The van der Waals surface area contributed by atoms with Gasteiger partial charge in [0.05, 0.1) is 30.2 Å². The van der Waals surface area contributed by atoms with Crippen LogP contribution in [0.2, 0.25) is 0 Å². The monoisotopic (exact) mass is 240 g/mol. The Labute approximate surface area is 105 Å². The SMILES string of the molecule is COc1ccccc1Nc1ncc(N)cc1C#N. The summed E-state index contributed by atoms with van der Waals surface area (Å²) in [5.74, 6) is 1.14. The second-order valence-corrected chi connectivity index (χ2v) is 3.60. The van der Waals surface area contributed by atoms with E-state index in [1.54, 1.807) is 13.2 Å². The van der Waals surface area contributed by atoms with E-state index in [4.69, 9.17) is 15.7 Å². The zero-order chi connectivity index (χ0) is 13.0. The van der Waals surface area contributed by atoms with E-state index < -0.39 is 0 Å². The molecule has 1 aromatic heterocycles. The Morgan fingerprint density at radius 3 is 2.89 bits per heavy atom. The number of nitrogen functional groups attached to an aromatic ring is 1. The quantitative estimate of drug-likeness (QED) is 0.859. The van der Waals surface area contributed by atoms with Gasteiger partial charge < -0.3 is 15.8 Å². The molecular formula is C13H12N4O. The Morgan fingerprint density at radius 1 is 1.39 bits per heavy atom. The second kappa shape index (κ2) is 5.06. The fourth-order valence-electron chi connectivity index (χ4n) is 1.54. The highest BCUT2D eigenvalue weighted by atomic mass is 16.5. The van der Waals surface area contributed by atoms with Gasteiger partial charge in [0.2, 0.25) is 0 Å². The third kappa shape index (κ3) is 2.33. The second-order valence-electron chi connectivity index (χ2n) is 3.60. The van der Waals surface area contributed by atoms with Crippen LogP contribution in [0.5, 0.6) is 5.75 Å². The number of ether oxygens (including phenoxy) is 1. The van der Waals surface area contributed by atoms with Gasteiger partial charge in [0, 0.05) is 0 Å². The Hall–Kier alpha value is -2.74. The fourth-order valence-corrected chi connectivity index (χ4v) is 1.54. The van der Waals surface area contributed by atoms with Crippen molar-refractivity contribution in [3.63, 3.8) is 0 Å². The average molecular weight is 240 g/mol. The molecule has 0 spiro atoms. The zero-order valence-electron chi connectivity index (χ0n) is 9.84. The number of nitrogens with zero attached hydrogens (tertiary/aromatic N) is 2. The summed E-state index contributed by atoms with van der Waals surface area (Å²) in [5, 5.41) is 12.1. The topological polar surface area (TPSA) is 84.0 Å². The summed E-state index contributed by atoms with van der Waals surface area (Å²) >= 11 is 0. The van der Waals surface area contributed by atoms with Gasteiger partial charge in [-0.15, -0.1) is 0 Å². The number of nitrogens with one attached hydrogen (secondary N) is 1. The van der Waals surface area contributed by atoms with Crippen LogP contribution in [-0.4, -0.2) is 12.1 Å². The van der Waals surface area contributed by atoms with E-state index in [1.165, 1.54) is 6.20 Å². The van der Waals surface area contributed by atoms with Crippen molar-refractivity contribution in [2.75, 3.05) is 18.2 Å². The molecule has 0 atom stereocenters. The van der Waals surface area contributed by atoms with Crippen molar-refractivity contribution in [3.05, 3.63) is 42.1 Å². The number of hydrogen-bond donors (Lipinski definition) is 2. The lowest BCUT2D eigenvalue weighted by molar-refractivity contribution is 0.417. The summed E-state index contributed by atoms with van der Waals surface area (Å²) in [4.78, 5) is 4.11. The smallest absolute Gasteiger partial charge is 0.148 e. The Balaban J connectivity index is 2.37. The van der Waals surface area contributed by atoms with Gasteiger partial charge in [-0.2, -0.15) is 5.26 Å². The minimum Gasteiger partial charge on any atom is -0.495 e. The van der Waals surface area contributed by atoms with Crippen molar-refractivity contribution in [2.24, 2.45) is 0 Å². The summed E-state index contributed by atoms with van der Waals surface area (Å²) in [6.07, 6.45) is 1.50. The van der Waals surface area contributed by atoms with E-state index in [9.17, 15) is 0 Å². The first-order valence-corrected chi connectivity index (χ1v) is 5.30. The van der Waals surface area contributed by atoms with Crippen LogP contribution in [0.15, 0.2) is 36.5 Å². The molecule has 5 nitrogen and oxygen atoms in total. The Kier molecular flexibility index (Phi) is 3.30. The van der Waals surface area contributed by atoms with Gasteiger partial charge in [-0.05, 0) is 18.2 Å². The molecule has 0 saturated carbocycles. The van der Waals surface area contributed by atoms with Crippen LogP contribution in [0, 0.1) is 11.3 Å². The maximum absolute atomic E-state index is 9.03. The number of anilines is 3. The molecular weight excluding hydrogens is 228 g/mol. The van der Waals surface area contributed by atoms with E-state index >= 15 is 0 Å². The van der Waals surface area contributed by atoms with Gasteiger partial charge in [0.15, 0.2) is 0 Å². The average Bonchev–Trinajstić information content (AvgIpc) is 2.41. The van der Waals surface area contributed by atoms with Gasteiger partial charge in [-0.25, -0.2) is 4.98 Å². The summed E-state index contributed by atoms with van der Waals surface area (Å²) in [6, 6.07) is 11.0. The number of benzene rings is 1. The summed E-state index contributed by atoms with van der Waals surface area (Å²) in [7, 11) is 1.59. The molecule has 0 radical (unpaired) electrons. The molecule has 5 heteroatoms. The van der Waals surface area contributed by atoms with E-state index in [0.29, 0.717) is 22.8 Å². The number of hydrogen-bond acceptors (Lipinski definition) is 5. The largest absolute Gasteiger partial charge is 0.495 e. The lowest BCUT2D eigenvalue weighted by Gasteiger charge is -2.11. The summed E-state index contributed by atoms with van der Waals surface area (Å²) in [5.41, 5.74) is 7.18. The first-order valence-electron chi connectivity index (χ1n) is 5.30. The van der Waals surface area contributed by atoms with Crippen molar-refractivity contribution >= 4 is 17.2 Å².